The Hall–Kier alpha value is -3.14. The first kappa shape index (κ1) is 24.1. The van der Waals surface area contributed by atoms with Gasteiger partial charge in [-0.25, -0.2) is 0 Å². The second-order valence-electron chi connectivity index (χ2n) is 7.57. The summed E-state index contributed by atoms with van der Waals surface area (Å²) in [5.41, 5.74) is 3.45. The number of hydrogen-bond acceptors (Lipinski definition) is 3. The van der Waals surface area contributed by atoms with Crippen molar-refractivity contribution >= 4 is 17.6 Å². The van der Waals surface area contributed by atoms with Crippen LogP contribution in [-0.2, 0) is 4.79 Å². The lowest BCUT2D eigenvalue weighted by Crippen LogP contribution is -2.30. The molecule has 4 nitrogen and oxygen atoms in total. The maximum absolute atomic E-state index is 12.3. The average Bonchev–Trinajstić information content (AvgIpc) is 2.79. The van der Waals surface area contributed by atoms with E-state index in [4.69, 9.17) is 4.74 Å². The summed E-state index contributed by atoms with van der Waals surface area (Å²) in [4.78, 5) is 16.4. The van der Waals surface area contributed by atoms with Crippen LogP contribution >= 0.6 is 0 Å². The molecule has 0 spiro atoms. The normalized spacial score (nSPS) is 12.9. The van der Waals surface area contributed by atoms with Gasteiger partial charge in [0, 0.05) is 24.5 Å². The van der Waals surface area contributed by atoms with E-state index in [9.17, 15) is 4.79 Å². The van der Waals surface area contributed by atoms with Crippen molar-refractivity contribution in [2.45, 2.75) is 52.0 Å². The van der Waals surface area contributed by atoms with Crippen molar-refractivity contribution in [3.8, 4) is 5.75 Å². The zero-order valence-corrected chi connectivity index (χ0v) is 18.9. The molecular formula is C27H34N2O2. The van der Waals surface area contributed by atoms with Gasteiger partial charge in [-0.1, -0.05) is 62.3 Å². The van der Waals surface area contributed by atoms with Crippen LogP contribution in [-0.4, -0.2) is 24.0 Å². The molecule has 0 bridgehead atoms. The molecule has 0 aliphatic rings. The fourth-order valence-electron chi connectivity index (χ4n) is 3.18. The van der Waals surface area contributed by atoms with Gasteiger partial charge in [0.25, 0.3) is 0 Å². The third-order valence-electron chi connectivity index (χ3n) is 4.93. The van der Waals surface area contributed by atoms with E-state index >= 15 is 0 Å². The van der Waals surface area contributed by atoms with Gasteiger partial charge in [-0.15, -0.1) is 0 Å². The van der Waals surface area contributed by atoms with Crippen LogP contribution in [0, 0.1) is 0 Å². The number of aromatic nitrogens is 1. The standard InChI is InChI=1S/C27H34N2O2/c1-4-5-6-13-24(25-16-18-26(31-3)19-17-25)14-8-15-27(30)29-22(2)10-7-11-23-12-9-20-28-21-23/h7-9,11-12,14-22H,4-6,10,13H2,1-3H3,(H,29,30)/b11-7-,15-8+,24-14+/t22-/m1/s1. The smallest absolute Gasteiger partial charge is 0.244 e. The molecule has 0 radical (unpaired) electrons. The fraction of sp³-hybridized carbons (Fsp3) is 0.333. The molecule has 2 rings (SSSR count). The molecule has 1 heterocycles. The van der Waals surface area contributed by atoms with Gasteiger partial charge in [-0.3, -0.25) is 9.78 Å². The predicted octanol–water partition coefficient (Wildman–Crippen LogP) is 6.22. The first-order chi connectivity index (χ1) is 15.1. The first-order valence-electron chi connectivity index (χ1n) is 11.0. The number of hydrogen-bond donors (Lipinski definition) is 1. The van der Waals surface area contributed by atoms with Crippen LogP contribution in [0.1, 0.15) is 57.1 Å². The number of methoxy groups -OCH3 is 1. The quantitative estimate of drug-likeness (QED) is 0.253. The summed E-state index contributed by atoms with van der Waals surface area (Å²) in [7, 11) is 1.67. The molecule has 0 aliphatic heterocycles. The Kier molecular flexibility index (Phi) is 10.9. The van der Waals surface area contributed by atoms with E-state index in [1.807, 2.05) is 55.6 Å². The van der Waals surface area contributed by atoms with E-state index in [-0.39, 0.29) is 11.9 Å². The van der Waals surface area contributed by atoms with Crippen LogP contribution in [0.2, 0.25) is 0 Å². The Morgan fingerprint density at radius 1 is 1.19 bits per heavy atom. The summed E-state index contributed by atoms with van der Waals surface area (Å²) in [5, 5.41) is 3.01. The maximum atomic E-state index is 12.3. The number of pyridine rings is 1. The number of unbranched alkanes of at least 4 members (excludes halogenated alkanes) is 2. The molecule has 1 amide bonds. The summed E-state index contributed by atoms with van der Waals surface area (Å²) in [6.45, 7) is 4.21. The van der Waals surface area contributed by atoms with Gasteiger partial charge in [0.2, 0.25) is 5.91 Å². The Balaban J connectivity index is 1.91. The number of benzene rings is 1. The number of amides is 1. The highest BCUT2D eigenvalue weighted by atomic mass is 16.5. The molecule has 0 fully saturated rings. The number of rotatable bonds is 12. The second kappa shape index (κ2) is 14.0. The monoisotopic (exact) mass is 418 g/mol. The molecule has 0 saturated carbocycles. The van der Waals surface area contributed by atoms with E-state index in [1.165, 1.54) is 18.4 Å². The van der Waals surface area contributed by atoms with Crippen molar-refractivity contribution in [1.82, 2.24) is 10.3 Å². The zero-order valence-electron chi connectivity index (χ0n) is 18.9. The summed E-state index contributed by atoms with van der Waals surface area (Å²) < 4.78 is 5.26. The van der Waals surface area contributed by atoms with Gasteiger partial charge in [-0.05, 0) is 61.1 Å². The molecule has 0 unspecified atom stereocenters. The third kappa shape index (κ3) is 9.47. The first-order valence-corrected chi connectivity index (χ1v) is 11.0. The molecule has 164 valence electrons. The van der Waals surface area contributed by atoms with Crippen molar-refractivity contribution in [1.29, 1.82) is 0 Å². The van der Waals surface area contributed by atoms with E-state index in [0.717, 1.165) is 36.1 Å². The summed E-state index contributed by atoms with van der Waals surface area (Å²) in [6, 6.07) is 12.1. The maximum Gasteiger partial charge on any atom is 0.244 e. The highest BCUT2D eigenvalue weighted by Gasteiger charge is 2.04. The molecule has 1 aromatic heterocycles. The van der Waals surface area contributed by atoms with Crippen molar-refractivity contribution in [2.24, 2.45) is 0 Å². The number of allylic oxidation sites excluding steroid dienone is 3. The van der Waals surface area contributed by atoms with Gasteiger partial charge in [0.1, 0.15) is 5.75 Å². The van der Waals surface area contributed by atoms with Gasteiger partial charge in [-0.2, -0.15) is 0 Å². The van der Waals surface area contributed by atoms with Crippen molar-refractivity contribution in [3.05, 3.63) is 84.2 Å². The van der Waals surface area contributed by atoms with Gasteiger partial charge in [0.05, 0.1) is 7.11 Å². The topological polar surface area (TPSA) is 51.2 Å². The third-order valence-corrected chi connectivity index (χ3v) is 4.93. The minimum absolute atomic E-state index is 0.0552. The number of nitrogens with zero attached hydrogens (tertiary/aromatic N) is 1. The van der Waals surface area contributed by atoms with Crippen molar-refractivity contribution < 1.29 is 9.53 Å². The van der Waals surface area contributed by atoms with Crippen LogP contribution < -0.4 is 10.1 Å². The van der Waals surface area contributed by atoms with E-state index in [0.29, 0.717) is 0 Å². The number of nitrogens with one attached hydrogen (secondary N) is 1. The van der Waals surface area contributed by atoms with E-state index < -0.39 is 0 Å². The number of carbonyl (C=O) groups excluding carboxylic acids is 1. The van der Waals surface area contributed by atoms with Crippen LogP contribution in [0.5, 0.6) is 5.75 Å². The minimum Gasteiger partial charge on any atom is -0.497 e. The highest BCUT2D eigenvalue weighted by Crippen LogP contribution is 2.23. The van der Waals surface area contributed by atoms with Crippen LogP contribution in [0.25, 0.3) is 11.6 Å². The average molecular weight is 419 g/mol. The molecule has 1 N–H and O–H groups in total. The van der Waals surface area contributed by atoms with E-state index in [2.05, 4.69) is 35.4 Å². The number of carbonyl (C=O) groups is 1. The highest BCUT2D eigenvalue weighted by molar-refractivity contribution is 5.88. The lowest BCUT2D eigenvalue weighted by molar-refractivity contribution is -0.117. The number of ether oxygens (including phenoxy) is 1. The zero-order chi connectivity index (χ0) is 22.3. The Morgan fingerprint density at radius 3 is 2.68 bits per heavy atom. The predicted molar refractivity (Wildman–Crippen MR) is 130 cm³/mol. The molecule has 2 aromatic rings. The van der Waals surface area contributed by atoms with Crippen LogP contribution in [0.3, 0.4) is 0 Å². The minimum atomic E-state index is -0.0823. The molecule has 31 heavy (non-hydrogen) atoms. The van der Waals surface area contributed by atoms with Gasteiger partial charge in [0.15, 0.2) is 0 Å². The summed E-state index contributed by atoms with van der Waals surface area (Å²) in [5.74, 6) is 0.763. The molecule has 1 aromatic carbocycles. The van der Waals surface area contributed by atoms with Gasteiger partial charge >= 0.3 is 0 Å². The molecule has 4 heteroatoms. The summed E-state index contributed by atoms with van der Waals surface area (Å²) >= 11 is 0. The molecular weight excluding hydrogens is 384 g/mol. The molecule has 1 atom stereocenters. The lowest BCUT2D eigenvalue weighted by Gasteiger charge is -2.10. The second-order valence-corrected chi connectivity index (χ2v) is 7.57. The fourth-order valence-corrected chi connectivity index (χ4v) is 3.18. The van der Waals surface area contributed by atoms with Crippen LogP contribution in [0.4, 0.5) is 0 Å². The Bertz CT molecular complexity index is 868. The lowest BCUT2D eigenvalue weighted by atomic mass is 9.99. The summed E-state index contributed by atoms with van der Waals surface area (Å²) in [6.07, 6.45) is 18.4. The Morgan fingerprint density at radius 2 is 2.00 bits per heavy atom. The van der Waals surface area contributed by atoms with Crippen molar-refractivity contribution in [3.63, 3.8) is 0 Å². The molecule has 0 aliphatic carbocycles. The molecule has 0 saturated heterocycles. The SMILES string of the molecule is CCCCC/C(=C\C=C\C(=O)N[C@H](C)C/C=C\c1cccnc1)c1ccc(OC)cc1. The van der Waals surface area contributed by atoms with Gasteiger partial charge < -0.3 is 10.1 Å². The van der Waals surface area contributed by atoms with E-state index in [1.54, 1.807) is 19.4 Å². The van der Waals surface area contributed by atoms with Crippen LogP contribution in [0.15, 0.2) is 73.1 Å². The Labute approximate surface area is 186 Å². The largest absolute Gasteiger partial charge is 0.497 e. The van der Waals surface area contributed by atoms with Crippen molar-refractivity contribution in [2.75, 3.05) is 7.11 Å².